The highest BCUT2D eigenvalue weighted by Crippen LogP contribution is 2.18. The van der Waals surface area contributed by atoms with Gasteiger partial charge in [-0.2, -0.15) is 0 Å². The van der Waals surface area contributed by atoms with Crippen LogP contribution in [0.3, 0.4) is 0 Å². The van der Waals surface area contributed by atoms with Crippen LogP contribution in [0.25, 0.3) is 0 Å². The van der Waals surface area contributed by atoms with Crippen LogP contribution in [0.15, 0.2) is 24.3 Å². The summed E-state index contributed by atoms with van der Waals surface area (Å²) >= 11 is 0. The number of aliphatic hydroxyl groups is 1. The van der Waals surface area contributed by atoms with E-state index < -0.39 is 6.10 Å². The fraction of sp³-hybridized carbons (Fsp3) is 0.538. The summed E-state index contributed by atoms with van der Waals surface area (Å²) in [4.78, 5) is 0. The van der Waals surface area contributed by atoms with Gasteiger partial charge in [0.15, 0.2) is 0 Å². The van der Waals surface area contributed by atoms with Crippen molar-refractivity contribution in [3.63, 3.8) is 0 Å². The maximum Gasteiger partial charge on any atom is 0.0802 e. The fourth-order valence-electron chi connectivity index (χ4n) is 1.56. The Labute approximate surface area is 97.7 Å². The molecule has 0 spiro atoms. The van der Waals surface area contributed by atoms with Gasteiger partial charge in [0, 0.05) is 5.69 Å². The molecule has 3 nitrogen and oxygen atoms in total. The molecule has 1 unspecified atom stereocenters. The summed E-state index contributed by atoms with van der Waals surface area (Å²) in [5, 5.41) is 13.2. The molecule has 4 N–H and O–H groups in total. The lowest BCUT2D eigenvalue weighted by atomic mass is 10.1. The number of aliphatic hydroxyl groups excluding tert-OH is 1. The predicted molar refractivity (Wildman–Crippen MR) is 68.1 cm³/mol. The van der Waals surface area contributed by atoms with Crippen molar-refractivity contribution in [2.24, 2.45) is 5.92 Å². The largest absolute Gasteiger partial charge is 0.399 e. The number of benzene rings is 1. The zero-order chi connectivity index (χ0) is 12.0. The average Bonchev–Trinajstić information content (AvgIpc) is 2.24. The van der Waals surface area contributed by atoms with E-state index in [0.29, 0.717) is 11.6 Å². The molecule has 0 aromatic heterocycles. The standard InChI is InChI=1S/C13H22N2O/c1-10(2)9-15-7-6-13(16)11-4-3-5-12(14)8-11/h3-5,8,10,13,15-16H,6-7,9,14H2,1-2H3. The Balaban J connectivity index is 2.32. The first kappa shape index (κ1) is 13.0. The second-order valence-corrected chi connectivity index (χ2v) is 4.57. The van der Waals surface area contributed by atoms with Crippen LogP contribution in [0.1, 0.15) is 31.9 Å². The number of nitrogen functional groups attached to an aromatic ring is 1. The number of hydrogen-bond donors (Lipinski definition) is 3. The lowest BCUT2D eigenvalue weighted by molar-refractivity contribution is 0.166. The molecule has 1 rings (SSSR count). The van der Waals surface area contributed by atoms with Crippen molar-refractivity contribution >= 4 is 5.69 Å². The molecule has 16 heavy (non-hydrogen) atoms. The second kappa shape index (κ2) is 6.51. The minimum absolute atomic E-state index is 0.428. The predicted octanol–water partition coefficient (Wildman–Crippen LogP) is 1.94. The summed E-state index contributed by atoms with van der Waals surface area (Å²) in [6, 6.07) is 7.43. The molecule has 0 amide bonds. The van der Waals surface area contributed by atoms with E-state index in [4.69, 9.17) is 5.73 Å². The molecule has 0 bridgehead atoms. The fourth-order valence-corrected chi connectivity index (χ4v) is 1.56. The van der Waals surface area contributed by atoms with Gasteiger partial charge in [-0.3, -0.25) is 0 Å². The van der Waals surface area contributed by atoms with Gasteiger partial charge in [-0.05, 0) is 43.1 Å². The first-order valence-electron chi connectivity index (χ1n) is 5.84. The lowest BCUT2D eigenvalue weighted by Crippen LogP contribution is -2.22. The van der Waals surface area contributed by atoms with E-state index in [1.54, 1.807) is 0 Å². The maximum atomic E-state index is 9.91. The van der Waals surface area contributed by atoms with Crippen LogP contribution in [0.4, 0.5) is 5.69 Å². The molecule has 0 aliphatic heterocycles. The first-order valence-corrected chi connectivity index (χ1v) is 5.84. The quantitative estimate of drug-likeness (QED) is 0.509. The van der Waals surface area contributed by atoms with Gasteiger partial charge in [0.25, 0.3) is 0 Å². The Kier molecular flexibility index (Phi) is 5.29. The molecular formula is C13H22N2O. The molecule has 0 radical (unpaired) electrons. The third kappa shape index (κ3) is 4.64. The number of rotatable bonds is 6. The molecule has 0 aliphatic rings. The third-order valence-corrected chi connectivity index (χ3v) is 2.44. The van der Waals surface area contributed by atoms with E-state index in [-0.39, 0.29) is 0 Å². The van der Waals surface area contributed by atoms with Gasteiger partial charge in [-0.1, -0.05) is 26.0 Å². The monoisotopic (exact) mass is 222 g/mol. The van der Waals surface area contributed by atoms with Crippen LogP contribution in [0.2, 0.25) is 0 Å². The summed E-state index contributed by atoms with van der Waals surface area (Å²) in [5.74, 6) is 0.643. The summed E-state index contributed by atoms with van der Waals surface area (Å²) in [6.45, 7) is 6.15. The molecule has 0 heterocycles. The molecule has 1 aromatic carbocycles. The molecule has 0 saturated heterocycles. The molecule has 0 fully saturated rings. The Morgan fingerprint density at radius 1 is 1.38 bits per heavy atom. The van der Waals surface area contributed by atoms with Crippen molar-refractivity contribution in [3.8, 4) is 0 Å². The minimum atomic E-state index is -0.428. The van der Waals surface area contributed by atoms with Crippen LogP contribution in [0.5, 0.6) is 0 Å². The maximum absolute atomic E-state index is 9.91. The van der Waals surface area contributed by atoms with Crippen LogP contribution >= 0.6 is 0 Å². The highest BCUT2D eigenvalue weighted by Gasteiger charge is 2.06. The minimum Gasteiger partial charge on any atom is -0.399 e. The molecule has 0 aliphatic carbocycles. The summed E-state index contributed by atoms with van der Waals surface area (Å²) in [6.07, 6.45) is 0.291. The Hall–Kier alpha value is -1.06. The van der Waals surface area contributed by atoms with E-state index in [1.807, 2.05) is 24.3 Å². The van der Waals surface area contributed by atoms with E-state index >= 15 is 0 Å². The summed E-state index contributed by atoms with van der Waals surface area (Å²) < 4.78 is 0. The number of anilines is 1. The zero-order valence-electron chi connectivity index (χ0n) is 10.1. The van der Waals surface area contributed by atoms with E-state index in [2.05, 4.69) is 19.2 Å². The Morgan fingerprint density at radius 2 is 2.12 bits per heavy atom. The molecule has 90 valence electrons. The number of hydrogen-bond acceptors (Lipinski definition) is 3. The van der Waals surface area contributed by atoms with Crippen LogP contribution in [-0.2, 0) is 0 Å². The van der Waals surface area contributed by atoms with Crippen LogP contribution in [-0.4, -0.2) is 18.2 Å². The highest BCUT2D eigenvalue weighted by atomic mass is 16.3. The summed E-state index contributed by atoms with van der Waals surface area (Å²) in [5.41, 5.74) is 7.26. The topological polar surface area (TPSA) is 58.3 Å². The number of nitrogens with one attached hydrogen (secondary N) is 1. The Bertz CT molecular complexity index is 313. The molecule has 1 aromatic rings. The lowest BCUT2D eigenvalue weighted by Gasteiger charge is -2.13. The second-order valence-electron chi connectivity index (χ2n) is 4.57. The van der Waals surface area contributed by atoms with Crippen molar-refractivity contribution in [3.05, 3.63) is 29.8 Å². The van der Waals surface area contributed by atoms with Gasteiger partial charge in [0.05, 0.1) is 6.10 Å². The van der Waals surface area contributed by atoms with Crippen LogP contribution in [0, 0.1) is 5.92 Å². The molecule has 1 atom stereocenters. The molecular weight excluding hydrogens is 200 g/mol. The van der Waals surface area contributed by atoms with Gasteiger partial charge in [-0.15, -0.1) is 0 Å². The molecule has 0 saturated carbocycles. The van der Waals surface area contributed by atoms with Crippen molar-refractivity contribution < 1.29 is 5.11 Å². The van der Waals surface area contributed by atoms with Crippen molar-refractivity contribution in [2.45, 2.75) is 26.4 Å². The van der Waals surface area contributed by atoms with E-state index in [0.717, 1.165) is 25.1 Å². The van der Waals surface area contributed by atoms with Gasteiger partial charge in [-0.25, -0.2) is 0 Å². The first-order chi connectivity index (χ1) is 7.59. The van der Waals surface area contributed by atoms with Gasteiger partial charge in [0.1, 0.15) is 0 Å². The number of nitrogens with two attached hydrogens (primary N) is 1. The normalized spacial score (nSPS) is 13.0. The smallest absolute Gasteiger partial charge is 0.0802 e. The third-order valence-electron chi connectivity index (χ3n) is 2.44. The van der Waals surface area contributed by atoms with Crippen molar-refractivity contribution in [1.29, 1.82) is 0 Å². The van der Waals surface area contributed by atoms with Crippen LogP contribution < -0.4 is 11.1 Å². The van der Waals surface area contributed by atoms with Gasteiger partial charge >= 0.3 is 0 Å². The highest BCUT2D eigenvalue weighted by molar-refractivity contribution is 5.41. The Morgan fingerprint density at radius 3 is 2.75 bits per heavy atom. The van der Waals surface area contributed by atoms with Crippen molar-refractivity contribution in [2.75, 3.05) is 18.8 Å². The van der Waals surface area contributed by atoms with Gasteiger partial charge in [0.2, 0.25) is 0 Å². The molecule has 3 heteroatoms. The average molecular weight is 222 g/mol. The SMILES string of the molecule is CC(C)CNCCC(O)c1cccc(N)c1. The van der Waals surface area contributed by atoms with E-state index in [9.17, 15) is 5.11 Å². The van der Waals surface area contributed by atoms with E-state index in [1.165, 1.54) is 0 Å². The van der Waals surface area contributed by atoms with Crippen molar-refractivity contribution in [1.82, 2.24) is 5.32 Å². The summed E-state index contributed by atoms with van der Waals surface area (Å²) in [7, 11) is 0. The zero-order valence-corrected chi connectivity index (χ0v) is 10.1. The van der Waals surface area contributed by atoms with Gasteiger partial charge < -0.3 is 16.2 Å².